The molecule has 0 bridgehead atoms. The lowest BCUT2D eigenvalue weighted by Gasteiger charge is -2.20. The summed E-state index contributed by atoms with van der Waals surface area (Å²) < 4.78 is 10.6. The van der Waals surface area contributed by atoms with Crippen molar-refractivity contribution < 1.29 is 14.6 Å². The summed E-state index contributed by atoms with van der Waals surface area (Å²) in [4.78, 5) is 0. The molecular weight excluding hydrogens is 264 g/mol. The molecule has 0 radical (unpaired) electrons. The molecular formula is C18H22O3. The molecule has 3 heteroatoms. The molecule has 0 aromatic heterocycles. The Hall–Kier alpha value is -2.00. The van der Waals surface area contributed by atoms with Crippen molar-refractivity contribution in [2.75, 3.05) is 14.2 Å². The molecule has 3 nitrogen and oxygen atoms in total. The molecule has 0 spiro atoms. The molecule has 0 aliphatic rings. The first-order valence-electron chi connectivity index (χ1n) is 6.96. The molecule has 2 aromatic rings. The lowest BCUT2D eigenvalue weighted by atomic mass is 9.91. The number of benzene rings is 2. The second-order valence-electron chi connectivity index (χ2n) is 5.27. The summed E-state index contributed by atoms with van der Waals surface area (Å²) in [6.45, 7) is 6.00. The number of aliphatic hydroxyl groups is 1. The van der Waals surface area contributed by atoms with Crippen molar-refractivity contribution in [3.05, 3.63) is 58.1 Å². The molecule has 2 rings (SSSR count). The topological polar surface area (TPSA) is 38.7 Å². The fourth-order valence-electron chi connectivity index (χ4n) is 2.71. The number of methoxy groups -OCH3 is 2. The Bertz CT molecular complexity index is 627. The van der Waals surface area contributed by atoms with Crippen LogP contribution in [0.5, 0.6) is 11.5 Å². The first-order valence-corrected chi connectivity index (χ1v) is 6.96. The van der Waals surface area contributed by atoms with Crippen molar-refractivity contribution in [1.82, 2.24) is 0 Å². The van der Waals surface area contributed by atoms with E-state index in [0.29, 0.717) is 11.5 Å². The van der Waals surface area contributed by atoms with E-state index in [1.165, 1.54) is 0 Å². The van der Waals surface area contributed by atoms with Gasteiger partial charge in [0.1, 0.15) is 6.10 Å². The van der Waals surface area contributed by atoms with Gasteiger partial charge in [0.05, 0.1) is 14.2 Å². The van der Waals surface area contributed by atoms with Crippen LogP contribution in [-0.4, -0.2) is 19.3 Å². The van der Waals surface area contributed by atoms with Crippen LogP contribution in [0.3, 0.4) is 0 Å². The van der Waals surface area contributed by atoms with Crippen LogP contribution in [0.4, 0.5) is 0 Å². The highest BCUT2D eigenvalue weighted by molar-refractivity contribution is 5.51. The summed E-state index contributed by atoms with van der Waals surface area (Å²) >= 11 is 0. The summed E-state index contributed by atoms with van der Waals surface area (Å²) in [5.41, 5.74) is 4.93. The highest BCUT2D eigenvalue weighted by Gasteiger charge is 2.19. The van der Waals surface area contributed by atoms with Crippen molar-refractivity contribution in [3.8, 4) is 11.5 Å². The molecule has 1 atom stereocenters. The van der Waals surface area contributed by atoms with Gasteiger partial charge in [0.25, 0.3) is 0 Å². The predicted octanol–water partition coefficient (Wildman–Crippen LogP) is 3.71. The van der Waals surface area contributed by atoms with E-state index >= 15 is 0 Å². The number of hydrogen-bond acceptors (Lipinski definition) is 3. The monoisotopic (exact) mass is 286 g/mol. The van der Waals surface area contributed by atoms with Crippen LogP contribution < -0.4 is 9.47 Å². The zero-order valence-corrected chi connectivity index (χ0v) is 13.2. The van der Waals surface area contributed by atoms with Gasteiger partial charge in [0, 0.05) is 0 Å². The van der Waals surface area contributed by atoms with E-state index in [2.05, 4.69) is 0 Å². The van der Waals surface area contributed by atoms with Crippen LogP contribution in [0.1, 0.15) is 33.9 Å². The lowest BCUT2D eigenvalue weighted by Crippen LogP contribution is -2.07. The van der Waals surface area contributed by atoms with E-state index in [9.17, 15) is 5.11 Å². The van der Waals surface area contributed by atoms with Crippen molar-refractivity contribution >= 4 is 0 Å². The maximum Gasteiger partial charge on any atom is 0.161 e. The lowest BCUT2D eigenvalue weighted by molar-refractivity contribution is 0.217. The fraction of sp³-hybridized carbons (Fsp3) is 0.333. The molecule has 21 heavy (non-hydrogen) atoms. The van der Waals surface area contributed by atoms with Crippen molar-refractivity contribution in [3.63, 3.8) is 0 Å². The van der Waals surface area contributed by atoms with Gasteiger partial charge < -0.3 is 14.6 Å². The van der Waals surface area contributed by atoms with E-state index in [-0.39, 0.29) is 0 Å². The Balaban J connectivity index is 2.56. The molecule has 0 amide bonds. The summed E-state index contributed by atoms with van der Waals surface area (Å²) in [7, 11) is 3.21. The normalized spacial score (nSPS) is 12.1. The highest BCUT2D eigenvalue weighted by atomic mass is 16.5. The van der Waals surface area contributed by atoms with E-state index < -0.39 is 6.10 Å². The van der Waals surface area contributed by atoms with Crippen LogP contribution in [-0.2, 0) is 0 Å². The van der Waals surface area contributed by atoms with Gasteiger partial charge in [0.2, 0.25) is 0 Å². The Morgan fingerprint density at radius 2 is 1.38 bits per heavy atom. The van der Waals surface area contributed by atoms with E-state index in [1.54, 1.807) is 14.2 Å². The second-order valence-corrected chi connectivity index (χ2v) is 5.27. The minimum absolute atomic E-state index is 0.628. The highest BCUT2D eigenvalue weighted by Crippen LogP contribution is 2.36. The van der Waals surface area contributed by atoms with Gasteiger partial charge in [-0.05, 0) is 60.7 Å². The van der Waals surface area contributed by atoms with E-state index in [0.717, 1.165) is 27.8 Å². The van der Waals surface area contributed by atoms with Gasteiger partial charge in [-0.15, -0.1) is 0 Å². The summed E-state index contributed by atoms with van der Waals surface area (Å²) in [6.07, 6.45) is -0.675. The predicted molar refractivity (Wildman–Crippen MR) is 84.3 cm³/mol. The summed E-state index contributed by atoms with van der Waals surface area (Å²) in [5, 5.41) is 10.8. The van der Waals surface area contributed by atoms with Gasteiger partial charge in [-0.25, -0.2) is 0 Å². The molecule has 1 N–H and O–H groups in total. The van der Waals surface area contributed by atoms with Gasteiger partial charge in [-0.3, -0.25) is 0 Å². The second kappa shape index (κ2) is 6.19. The standard InChI is InChI=1S/C18H22O3/c1-11-7-6-8-12(2)17(11)18(19)14-10-16(21-5)15(20-4)9-13(14)3/h6-10,18-19H,1-5H3. The molecule has 0 heterocycles. The average Bonchev–Trinajstić information content (AvgIpc) is 2.46. The van der Waals surface area contributed by atoms with E-state index in [4.69, 9.17) is 9.47 Å². The Labute approximate surface area is 126 Å². The SMILES string of the molecule is COc1cc(C)c(C(O)c2c(C)cccc2C)cc1OC. The Morgan fingerprint density at radius 1 is 0.857 bits per heavy atom. The molecule has 0 saturated heterocycles. The number of ether oxygens (including phenoxy) is 2. The van der Waals surface area contributed by atoms with Crippen molar-refractivity contribution in [2.45, 2.75) is 26.9 Å². The molecule has 0 fully saturated rings. The number of aryl methyl sites for hydroxylation is 3. The zero-order chi connectivity index (χ0) is 15.6. The quantitative estimate of drug-likeness (QED) is 0.931. The Kier molecular flexibility index (Phi) is 4.53. The number of rotatable bonds is 4. The van der Waals surface area contributed by atoms with Crippen LogP contribution in [0.2, 0.25) is 0 Å². The zero-order valence-electron chi connectivity index (χ0n) is 13.2. The third-order valence-corrected chi connectivity index (χ3v) is 3.88. The maximum atomic E-state index is 10.8. The smallest absolute Gasteiger partial charge is 0.161 e. The summed E-state index contributed by atoms with van der Waals surface area (Å²) in [6, 6.07) is 9.78. The van der Waals surface area contributed by atoms with Gasteiger partial charge in [-0.1, -0.05) is 18.2 Å². The maximum absolute atomic E-state index is 10.8. The first-order chi connectivity index (χ1) is 9.99. The van der Waals surface area contributed by atoms with E-state index in [1.807, 2.05) is 51.1 Å². The minimum atomic E-state index is -0.675. The summed E-state index contributed by atoms with van der Waals surface area (Å²) in [5.74, 6) is 1.30. The molecule has 0 saturated carbocycles. The van der Waals surface area contributed by atoms with Crippen LogP contribution in [0.25, 0.3) is 0 Å². The van der Waals surface area contributed by atoms with Crippen molar-refractivity contribution in [1.29, 1.82) is 0 Å². The molecule has 1 unspecified atom stereocenters. The van der Waals surface area contributed by atoms with Gasteiger partial charge in [0.15, 0.2) is 11.5 Å². The van der Waals surface area contributed by atoms with Crippen LogP contribution in [0.15, 0.2) is 30.3 Å². The van der Waals surface area contributed by atoms with Gasteiger partial charge in [-0.2, -0.15) is 0 Å². The first kappa shape index (κ1) is 15.4. The molecule has 0 aliphatic carbocycles. The van der Waals surface area contributed by atoms with Crippen LogP contribution >= 0.6 is 0 Å². The van der Waals surface area contributed by atoms with Crippen molar-refractivity contribution in [2.24, 2.45) is 0 Å². The third-order valence-electron chi connectivity index (χ3n) is 3.88. The number of aliphatic hydroxyl groups excluding tert-OH is 1. The average molecular weight is 286 g/mol. The largest absolute Gasteiger partial charge is 0.493 e. The van der Waals surface area contributed by atoms with Gasteiger partial charge >= 0.3 is 0 Å². The number of hydrogen-bond donors (Lipinski definition) is 1. The molecule has 0 aliphatic heterocycles. The Morgan fingerprint density at radius 3 is 1.90 bits per heavy atom. The van der Waals surface area contributed by atoms with Crippen LogP contribution in [0, 0.1) is 20.8 Å². The minimum Gasteiger partial charge on any atom is -0.493 e. The molecule has 2 aromatic carbocycles. The fourth-order valence-corrected chi connectivity index (χ4v) is 2.71. The molecule has 112 valence electrons. The third kappa shape index (κ3) is 2.88.